The largest absolute Gasteiger partial charge is 0.443 e. The van der Waals surface area contributed by atoms with Gasteiger partial charge in [0, 0.05) is 12.0 Å². The fourth-order valence-electron chi connectivity index (χ4n) is 2.28. The standard InChI is InChI=1S/C16H17N3O3S/c1-10-13(11(2)22-19-10)5-6-15(20)17-8-12-9-21-16(18-12)14-4-3-7-23-14/h3-4,7,9H,5-6,8H2,1-2H3,(H,17,20). The Balaban J connectivity index is 1.49. The van der Waals surface area contributed by atoms with Gasteiger partial charge in [0.2, 0.25) is 11.8 Å². The maximum absolute atomic E-state index is 12.0. The molecule has 0 unspecified atom stereocenters. The van der Waals surface area contributed by atoms with Crippen LogP contribution in [0.15, 0.2) is 32.7 Å². The van der Waals surface area contributed by atoms with Gasteiger partial charge in [0.05, 0.1) is 22.8 Å². The minimum atomic E-state index is -0.0364. The lowest BCUT2D eigenvalue weighted by Gasteiger charge is -2.02. The first kappa shape index (κ1) is 15.5. The zero-order valence-corrected chi connectivity index (χ0v) is 13.8. The smallest absolute Gasteiger partial charge is 0.236 e. The quantitative estimate of drug-likeness (QED) is 0.750. The van der Waals surface area contributed by atoms with E-state index in [4.69, 9.17) is 8.94 Å². The van der Waals surface area contributed by atoms with Crippen molar-refractivity contribution in [1.82, 2.24) is 15.5 Å². The Labute approximate surface area is 137 Å². The SMILES string of the molecule is Cc1noc(C)c1CCC(=O)NCc1coc(-c2cccs2)n1. The average molecular weight is 331 g/mol. The van der Waals surface area contributed by atoms with Crippen molar-refractivity contribution in [2.24, 2.45) is 0 Å². The molecular formula is C16H17N3O3S. The molecule has 0 fully saturated rings. The molecule has 0 aliphatic carbocycles. The number of oxazole rings is 1. The van der Waals surface area contributed by atoms with Crippen molar-refractivity contribution in [3.8, 4) is 10.8 Å². The normalized spacial score (nSPS) is 10.9. The molecule has 3 heterocycles. The molecule has 0 atom stereocenters. The number of aryl methyl sites for hydroxylation is 2. The van der Waals surface area contributed by atoms with Crippen LogP contribution in [-0.2, 0) is 17.8 Å². The second-order valence-electron chi connectivity index (χ2n) is 5.20. The summed E-state index contributed by atoms with van der Waals surface area (Å²) in [4.78, 5) is 17.3. The van der Waals surface area contributed by atoms with Crippen molar-refractivity contribution in [2.45, 2.75) is 33.2 Å². The second kappa shape index (κ2) is 6.78. The van der Waals surface area contributed by atoms with E-state index < -0.39 is 0 Å². The molecule has 1 N–H and O–H groups in total. The molecule has 3 aromatic rings. The third-order valence-electron chi connectivity index (χ3n) is 3.53. The van der Waals surface area contributed by atoms with E-state index in [2.05, 4.69) is 15.5 Å². The molecule has 120 valence electrons. The highest BCUT2D eigenvalue weighted by atomic mass is 32.1. The van der Waals surface area contributed by atoms with Crippen LogP contribution in [0.1, 0.15) is 29.1 Å². The number of rotatable bonds is 6. The number of thiophene rings is 1. The molecule has 0 saturated heterocycles. The Morgan fingerprint density at radius 1 is 1.39 bits per heavy atom. The maximum Gasteiger partial charge on any atom is 0.236 e. The third-order valence-corrected chi connectivity index (χ3v) is 4.39. The van der Waals surface area contributed by atoms with Gasteiger partial charge >= 0.3 is 0 Å². The highest BCUT2D eigenvalue weighted by molar-refractivity contribution is 7.13. The summed E-state index contributed by atoms with van der Waals surface area (Å²) in [6, 6.07) is 3.89. The van der Waals surface area contributed by atoms with Gasteiger partial charge in [-0.05, 0) is 31.7 Å². The van der Waals surface area contributed by atoms with Crippen molar-refractivity contribution in [1.29, 1.82) is 0 Å². The van der Waals surface area contributed by atoms with Gasteiger partial charge in [0.1, 0.15) is 12.0 Å². The summed E-state index contributed by atoms with van der Waals surface area (Å²) in [7, 11) is 0. The molecule has 3 rings (SSSR count). The number of nitrogens with one attached hydrogen (secondary N) is 1. The van der Waals surface area contributed by atoms with Gasteiger partial charge in [0.25, 0.3) is 0 Å². The van der Waals surface area contributed by atoms with E-state index in [0.29, 0.717) is 31.0 Å². The molecule has 23 heavy (non-hydrogen) atoms. The fraction of sp³-hybridized carbons (Fsp3) is 0.312. The van der Waals surface area contributed by atoms with Gasteiger partial charge in [-0.15, -0.1) is 11.3 Å². The topological polar surface area (TPSA) is 81.2 Å². The predicted octanol–water partition coefficient (Wildman–Crippen LogP) is 3.26. The molecule has 3 aromatic heterocycles. The van der Waals surface area contributed by atoms with Gasteiger partial charge in [-0.25, -0.2) is 4.98 Å². The first-order chi connectivity index (χ1) is 11.1. The Bertz CT molecular complexity index is 770. The number of hydrogen-bond acceptors (Lipinski definition) is 6. The van der Waals surface area contributed by atoms with E-state index in [-0.39, 0.29) is 5.91 Å². The van der Waals surface area contributed by atoms with Crippen LogP contribution in [0.25, 0.3) is 10.8 Å². The minimum Gasteiger partial charge on any atom is -0.443 e. The summed E-state index contributed by atoms with van der Waals surface area (Å²) in [5.41, 5.74) is 2.55. The summed E-state index contributed by atoms with van der Waals surface area (Å²) in [6.45, 7) is 4.09. The summed E-state index contributed by atoms with van der Waals surface area (Å²) in [6.07, 6.45) is 2.58. The molecule has 7 heteroatoms. The van der Waals surface area contributed by atoms with Crippen molar-refractivity contribution in [2.75, 3.05) is 0 Å². The minimum absolute atomic E-state index is 0.0364. The predicted molar refractivity (Wildman–Crippen MR) is 86.0 cm³/mol. The van der Waals surface area contributed by atoms with Crippen LogP contribution in [0.3, 0.4) is 0 Å². The number of carbonyl (C=O) groups excluding carboxylic acids is 1. The Kier molecular flexibility index (Phi) is 4.57. The first-order valence-electron chi connectivity index (χ1n) is 7.30. The molecule has 0 aromatic carbocycles. The Hall–Kier alpha value is -2.41. The summed E-state index contributed by atoms with van der Waals surface area (Å²) in [5.74, 6) is 1.32. The molecule has 1 amide bonds. The van der Waals surface area contributed by atoms with Crippen LogP contribution in [-0.4, -0.2) is 16.0 Å². The summed E-state index contributed by atoms with van der Waals surface area (Å²) >= 11 is 1.56. The van der Waals surface area contributed by atoms with Crippen molar-refractivity contribution in [3.05, 3.63) is 46.5 Å². The molecule has 0 saturated carbocycles. The lowest BCUT2D eigenvalue weighted by molar-refractivity contribution is -0.121. The Morgan fingerprint density at radius 3 is 2.96 bits per heavy atom. The number of aromatic nitrogens is 2. The molecule has 6 nitrogen and oxygen atoms in total. The van der Waals surface area contributed by atoms with Crippen molar-refractivity contribution >= 4 is 17.2 Å². The van der Waals surface area contributed by atoms with E-state index >= 15 is 0 Å². The highest BCUT2D eigenvalue weighted by Gasteiger charge is 2.12. The highest BCUT2D eigenvalue weighted by Crippen LogP contribution is 2.23. The van der Waals surface area contributed by atoms with E-state index in [9.17, 15) is 4.79 Å². The number of nitrogens with zero attached hydrogens (tertiary/aromatic N) is 2. The molecule has 0 radical (unpaired) electrons. The number of hydrogen-bond donors (Lipinski definition) is 1. The average Bonchev–Trinajstić information content (AvgIpc) is 3.25. The van der Waals surface area contributed by atoms with Gasteiger partial charge in [-0.2, -0.15) is 0 Å². The van der Waals surface area contributed by atoms with Crippen LogP contribution < -0.4 is 5.32 Å². The molecule has 0 bridgehead atoms. The zero-order chi connectivity index (χ0) is 16.2. The number of amides is 1. The maximum atomic E-state index is 12.0. The van der Waals surface area contributed by atoms with Crippen LogP contribution >= 0.6 is 11.3 Å². The zero-order valence-electron chi connectivity index (χ0n) is 13.0. The van der Waals surface area contributed by atoms with Gasteiger partial charge in [-0.1, -0.05) is 11.2 Å². The lowest BCUT2D eigenvalue weighted by atomic mass is 10.1. The van der Waals surface area contributed by atoms with Crippen LogP contribution in [0.5, 0.6) is 0 Å². The monoisotopic (exact) mass is 331 g/mol. The second-order valence-corrected chi connectivity index (χ2v) is 6.15. The van der Waals surface area contributed by atoms with Gasteiger partial charge < -0.3 is 14.3 Å². The van der Waals surface area contributed by atoms with Crippen LogP contribution in [0.2, 0.25) is 0 Å². The Morgan fingerprint density at radius 2 is 2.26 bits per heavy atom. The van der Waals surface area contributed by atoms with Crippen LogP contribution in [0.4, 0.5) is 0 Å². The van der Waals surface area contributed by atoms with E-state index in [1.807, 2.05) is 31.4 Å². The van der Waals surface area contributed by atoms with Crippen molar-refractivity contribution in [3.63, 3.8) is 0 Å². The third kappa shape index (κ3) is 3.68. The fourth-order valence-corrected chi connectivity index (χ4v) is 2.93. The van der Waals surface area contributed by atoms with Crippen molar-refractivity contribution < 1.29 is 13.7 Å². The van der Waals surface area contributed by atoms with Gasteiger partial charge in [-0.3, -0.25) is 4.79 Å². The van der Waals surface area contributed by atoms with E-state index in [1.165, 1.54) is 0 Å². The van der Waals surface area contributed by atoms with E-state index in [0.717, 1.165) is 21.9 Å². The lowest BCUT2D eigenvalue weighted by Crippen LogP contribution is -2.23. The molecule has 0 aliphatic heterocycles. The van der Waals surface area contributed by atoms with E-state index in [1.54, 1.807) is 17.6 Å². The van der Waals surface area contributed by atoms with Gasteiger partial charge in [0.15, 0.2) is 0 Å². The van der Waals surface area contributed by atoms with Crippen LogP contribution in [0, 0.1) is 13.8 Å². The molecule has 0 spiro atoms. The summed E-state index contributed by atoms with van der Waals surface area (Å²) < 4.78 is 10.5. The first-order valence-corrected chi connectivity index (χ1v) is 8.18. The molecular weight excluding hydrogens is 314 g/mol. The summed E-state index contributed by atoms with van der Waals surface area (Å²) in [5, 5.41) is 8.70. The number of carbonyl (C=O) groups is 1. The molecule has 0 aliphatic rings.